The molecular formula is C40H57ClN6O6S. The number of primary amides is 1. The number of unbranched alkanes of at least 4 members (excludes halogenated alkanes) is 1. The summed E-state index contributed by atoms with van der Waals surface area (Å²) in [6, 6.07) is 13.8. The molecule has 7 N–H and O–H groups in total. The van der Waals surface area contributed by atoms with Crippen LogP contribution in [-0.4, -0.2) is 76.0 Å². The van der Waals surface area contributed by atoms with Crippen LogP contribution >= 0.6 is 23.7 Å². The minimum atomic E-state index is -0.872. The summed E-state index contributed by atoms with van der Waals surface area (Å²) < 4.78 is 5.67. The minimum Gasteiger partial charge on any atom is -0.391 e. The number of hydrogen-bond donors (Lipinski definition) is 5. The number of likely N-dealkylation sites (tertiary alicyclic amines) is 1. The van der Waals surface area contributed by atoms with Gasteiger partial charge in [0.1, 0.15) is 12.1 Å². The first-order valence-electron chi connectivity index (χ1n) is 18.4. The molecule has 1 aliphatic heterocycles. The number of nitrogens with zero attached hydrogens (tertiary/aromatic N) is 2. The molecule has 1 fully saturated rings. The number of aliphatic hydroxyl groups is 1. The number of hydrogen-bond acceptors (Lipinski definition) is 9. The second-order valence-electron chi connectivity index (χ2n) is 15.2. The SMILES string of the molecule is Cc1ncsc1-c1ccc([C@H](C)NC(=O)[C@@H]2C[C@@H](O)CN2C(=O)[C@@H](NC(=O)CCCCc2ccc(COC[C@@H](N)CCC(N)=O)cc2)C(C)(C)C)cc1.Cl. The first kappa shape index (κ1) is 44.5. The summed E-state index contributed by atoms with van der Waals surface area (Å²) in [5.41, 5.74) is 17.4. The van der Waals surface area contributed by atoms with Gasteiger partial charge in [0.05, 0.1) is 41.4 Å². The number of ether oxygens (including phenoxy) is 1. The van der Waals surface area contributed by atoms with Crippen LogP contribution in [0.15, 0.2) is 54.0 Å². The molecule has 0 unspecified atom stereocenters. The van der Waals surface area contributed by atoms with Crippen LogP contribution in [0.1, 0.15) is 94.6 Å². The summed E-state index contributed by atoms with van der Waals surface area (Å²) in [5, 5.41) is 16.6. The summed E-state index contributed by atoms with van der Waals surface area (Å²) in [4.78, 5) is 58.5. The average Bonchev–Trinajstić information content (AvgIpc) is 3.73. The zero-order valence-corrected chi connectivity index (χ0v) is 33.6. The molecule has 296 valence electrons. The number of nitrogens with two attached hydrogens (primary N) is 2. The second kappa shape index (κ2) is 20.7. The molecular weight excluding hydrogens is 728 g/mol. The predicted molar refractivity (Wildman–Crippen MR) is 214 cm³/mol. The van der Waals surface area contributed by atoms with Gasteiger partial charge in [0.15, 0.2) is 0 Å². The van der Waals surface area contributed by atoms with E-state index in [1.54, 1.807) is 11.3 Å². The molecule has 4 rings (SSSR count). The van der Waals surface area contributed by atoms with Gasteiger partial charge in [-0.25, -0.2) is 4.98 Å². The Hall–Kier alpha value is -3.88. The van der Waals surface area contributed by atoms with Crippen molar-refractivity contribution in [1.82, 2.24) is 20.5 Å². The van der Waals surface area contributed by atoms with Crippen molar-refractivity contribution in [3.05, 3.63) is 76.4 Å². The first-order valence-corrected chi connectivity index (χ1v) is 19.3. The highest BCUT2D eigenvalue weighted by Gasteiger charge is 2.44. The average molecular weight is 785 g/mol. The van der Waals surface area contributed by atoms with E-state index in [2.05, 4.69) is 15.6 Å². The number of carbonyl (C=O) groups is 4. The van der Waals surface area contributed by atoms with Gasteiger partial charge in [0, 0.05) is 31.8 Å². The third-order valence-corrected chi connectivity index (χ3v) is 10.5. The molecule has 1 saturated heterocycles. The van der Waals surface area contributed by atoms with Gasteiger partial charge >= 0.3 is 0 Å². The normalized spacial score (nSPS) is 17.3. The third-order valence-electron chi connectivity index (χ3n) is 9.56. The number of aliphatic hydroxyl groups excluding tert-OH is 1. The lowest BCUT2D eigenvalue weighted by Crippen LogP contribution is -2.57. The van der Waals surface area contributed by atoms with Gasteiger partial charge in [-0.3, -0.25) is 19.2 Å². The fourth-order valence-corrected chi connectivity index (χ4v) is 7.22. The summed E-state index contributed by atoms with van der Waals surface area (Å²) in [7, 11) is 0. The Bertz CT molecular complexity index is 1680. The van der Waals surface area contributed by atoms with Gasteiger partial charge in [-0.1, -0.05) is 69.3 Å². The predicted octanol–water partition coefficient (Wildman–Crippen LogP) is 4.73. The molecule has 2 heterocycles. The standard InChI is InChI=1S/C40H56N6O6S.ClH/c1-25(29-14-16-30(17-15-29)36-26(2)43-24-53-36)44-38(50)33-20-32(47)21-46(33)39(51)37(40(3,4)5)45-35(49)9-7-6-8-27-10-12-28(13-11-27)22-52-23-31(41)18-19-34(42)48;/h10-17,24-25,31-33,37,47H,6-9,18-23,41H2,1-5H3,(H2,42,48)(H,44,50)(H,45,49);1H/t25-,31-,32+,33-,37+;/m0./s1. The van der Waals surface area contributed by atoms with Gasteiger partial charge in [-0.15, -0.1) is 23.7 Å². The highest BCUT2D eigenvalue weighted by Crippen LogP contribution is 2.29. The van der Waals surface area contributed by atoms with Crippen molar-refractivity contribution in [2.75, 3.05) is 13.2 Å². The Kier molecular flexibility index (Phi) is 17.1. The number of aryl methyl sites for hydroxylation is 2. The first-order chi connectivity index (χ1) is 25.1. The molecule has 3 aromatic rings. The molecule has 14 heteroatoms. The van der Waals surface area contributed by atoms with E-state index in [9.17, 15) is 24.3 Å². The third kappa shape index (κ3) is 13.2. The number of benzene rings is 2. The van der Waals surface area contributed by atoms with Crippen molar-refractivity contribution in [2.45, 2.75) is 116 Å². The largest absolute Gasteiger partial charge is 0.391 e. The minimum absolute atomic E-state index is 0. The quantitative estimate of drug-likeness (QED) is 0.114. The molecule has 1 aromatic heterocycles. The molecule has 54 heavy (non-hydrogen) atoms. The maximum absolute atomic E-state index is 14.0. The summed E-state index contributed by atoms with van der Waals surface area (Å²) in [6.07, 6.45) is 2.50. The van der Waals surface area contributed by atoms with E-state index >= 15 is 0 Å². The Labute approximate surface area is 329 Å². The smallest absolute Gasteiger partial charge is 0.246 e. The Morgan fingerprint density at radius 2 is 1.69 bits per heavy atom. The molecule has 0 aliphatic carbocycles. The molecule has 0 saturated carbocycles. The Balaban J connectivity index is 0.00000784. The maximum atomic E-state index is 14.0. The van der Waals surface area contributed by atoms with Crippen LogP contribution in [0, 0.1) is 12.3 Å². The molecule has 12 nitrogen and oxygen atoms in total. The number of aromatic nitrogens is 1. The van der Waals surface area contributed by atoms with Crippen molar-refractivity contribution >= 4 is 47.4 Å². The van der Waals surface area contributed by atoms with Crippen molar-refractivity contribution in [3.63, 3.8) is 0 Å². The Morgan fingerprint density at radius 3 is 2.30 bits per heavy atom. The van der Waals surface area contributed by atoms with Crippen LogP contribution in [0.4, 0.5) is 0 Å². The zero-order valence-electron chi connectivity index (χ0n) is 32.0. The van der Waals surface area contributed by atoms with Crippen LogP contribution in [0.3, 0.4) is 0 Å². The number of nitrogens with one attached hydrogen (secondary N) is 2. The van der Waals surface area contributed by atoms with Crippen molar-refractivity contribution < 1.29 is 29.0 Å². The molecule has 5 atom stereocenters. The zero-order chi connectivity index (χ0) is 38.7. The fraction of sp³-hybridized carbons (Fsp3) is 0.525. The van der Waals surface area contributed by atoms with Gasteiger partial charge in [-0.05, 0) is 67.2 Å². The molecule has 0 bridgehead atoms. The van der Waals surface area contributed by atoms with Gasteiger partial charge in [0.25, 0.3) is 0 Å². The van der Waals surface area contributed by atoms with Crippen molar-refractivity contribution in [3.8, 4) is 10.4 Å². The molecule has 0 radical (unpaired) electrons. The number of carbonyl (C=O) groups excluding carboxylic acids is 4. The van der Waals surface area contributed by atoms with Gasteiger partial charge < -0.3 is 36.8 Å². The molecule has 0 spiro atoms. The fourth-order valence-electron chi connectivity index (χ4n) is 6.40. The highest BCUT2D eigenvalue weighted by molar-refractivity contribution is 7.13. The van der Waals surface area contributed by atoms with Gasteiger partial charge in [0.2, 0.25) is 23.6 Å². The van der Waals surface area contributed by atoms with E-state index in [0.717, 1.165) is 45.7 Å². The molecule has 2 aromatic carbocycles. The topological polar surface area (TPSA) is 190 Å². The van der Waals surface area contributed by atoms with E-state index < -0.39 is 23.6 Å². The number of thiazole rings is 1. The monoisotopic (exact) mass is 784 g/mol. The lowest BCUT2D eigenvalue weighted by molar-refractivity contribution is -0.144. The molecule has 4 amide bonds. The van der Waals surface area contributed by atoms with Crippen LogP contribution < -0.4 is 22.1 Å². The van der Waals surface area contributed by atoms with E-state index in [-0.39, 0.29) is 73.9 Å². The van der Waals surface area contributed by atoms with Crippen LogP contribution in [0.5, 0.6) is 0 Å². The van der Waals surface area contributed by atoms with E-state index in [1.165, 1.54) is 4.90 Å². The molecule has 1 aliphatic rings. The lowest BCUT2D eigenvalue weighted by atomic mass is 9.85. The van der Waals surface area contributed by atoms with E-state index in [1.807, 2.05) is 88.7 Å². The highest BCUT2D eigenvalue weighted by atomic mass is 35.5. The van der Waals surface area contributed by atoms with E-state index in [4.69, 9.17) is 16.2 Å². The van der Waals surface area contributed by atoms with Crippen molar-refractivity contribution in [1.29, 1.82) is 0 Å². The van der Waals surface area contributed by atoms with Crippen LogP contribution in [-0.2, 0) is 36.9 Å². The number of halogens is 1. The summed E-state index contributed by atoms with van der Waals surface area (Å²) in [5.74, 6) is -1.32. The number of amides is 4. The lowest BCUT2D eigenvalue weighted by Gasteiger charge is -2.35. The van der Waals surface area contributed by atoms with Crippen LogP contribution in [0.25, 0.3) is 10.4 Å². The second-order valence-corrected chi connectivity index (χ2v) is 16.0. The number of β-amino-alcohol motifs (C(OH)–C–C–N with tert-alkyl or cyclic N) is 1. The number of rotatable bonds is 18. The van der Waals surface area contributed by atoms with Gasteiger partial charge in [-0.2, -0.15) is 0 Å². The maximum Gasteiger partial charge on any atom is 0.246 e. The van der Waals surface area contributed by atoms with Crippen molar-refractivity contribution in [2.24, 2.45) is 16.9 Å². The summed E-state index contributed by atoms with van der Waals surface area (Å²) in [6.45, 7) is 10.3. The van der Waals surface area contributed by atoms with E-state index in [0.29, 0.717) is 26.1 Å². The van der Waals surface area contributed by atoms with Crippen LogP contribution in [0.2, 0.25) is 0 Å². The summed E-state index contributed by atoms with van der Waals surface area (Å²) >= 11 is 1.58. The Morgan fingerprint density at radius 1 is 1.02 bits per heavy atom.